The smallest absolute Gasteiger partial charge is 0.238 e. The van der Waals surface area contributed by atoms with Crippen molar-refractivity contribution in [3.63, 3.8) is 0 Å². The first-order chi connectivity index (χ1) is 13.7. The molecule has 138 valence electrons. The van der Waals surface area contributed by atoms with Crippen LogP contribution in [0.3, 0.4) is 0 Å². The molecule has 0 aliphatic heterocycles. The van der Waals surface area contributed by atoms with Gasteiger partial charge in [0, 0.05) is 11.8 Å². The number of phenols is 1. The van der Waals surface area contributed by atoms with Gasteiger partial charge in [-0.2, -0.15) is 5.26 Å². The van der Waals surface area contributed by atoms with Gasteiger partial charge in [0.1, 0.15) is 28.9 Å². The minimum absolute atomic E-state index is 0.0205. The van der Waals surface area contributed by atoms with Crippen LogP contribution in [0.25, 0.3) is 22.8 Å². The molecule has 0 unspecified atom stereocenters. The third kappa shape index (κ3) is 3.04. The summed E-state index contributed by atoms with van der Waals surface area (Å²) in [7, 11) is 1.53. The van der Waals surface area contributed by atoms with Gasteiger partial charge in [-0.25, -0.2) is 4.99 Å². The van der Waals surface area contributed by atoms with Gasteiger partial charge < -0.3 is 23.1 Å². The van der Waals surface area contributed by atoms with E-state index < -0.39 is 0 Å². The quantitative estimate of drug-likeness (QED) is 0.485. The molecule has 1 N–H and O–H groups in total. The number of benzene rings is 1. The van der Waals surface area contributed by atoms with E-state index in [1.54, 1.807) is 36.4 Å². The second-order valence-electron chi connectivity index (χ2n) is 5.74. The van der Waals surface area contributed by atoms with E-state index in [4.69, 9.17) is 18.0 Å². The summed E-state index contributed by atoms with van der Waals surface area (Å²) in [5.41, 5.74) is 1.06. The van der Waals surface area contributed by atoms with Gasteiger partial charge in [-0.05, 0) is 42.5 Å². The van der Waals surface area contributed by atoms with Crippen molar-refractivity contribution in [3.05, 3.63) is 66.1 Å². The van der Waals surface area contributed by atoms with Crippen LogP contribution < -0.4 is 4.74 Å². The van der Waals surface area contributed by atoms with Crippen molar-refractivity contribution in [3.8, 4) is 40.4 Å². The lowest BCUT2D eigenvalue weighted by atomic mass is 10.1. The van der Waals surface area contributed by atoms with Crippen molar-refractivity contribution in [1.82, 2.24) is 0 Å². The molecule has 0 radical (unpaired) electrons. The molecule has 0 spiro atoms. The van der Waals surface area contributed by atoms with Crippen molar-refractivity contribution in [2.24, 2.45) is 4.99 Å². The normalized spacial score (nSPS) is 11.0. The maximum atomic E-state index is 10.0. The highest BCUT2D eigenvalue weighted by Gasteiger charge is 2.26. The molecule has 0 aliphatic carbocycles. The fraction of sp³-hybridized carbons (Fsp3) is 0.0476. The van der Waals surface area contributed by atoms with Crippen molar-refractivity contribution in [1.29, 1.82) is 5.26 Å². The number of phenolic OH excluding ortho intramolecular Hbond substituents is 1. The molecule has 0 atom stereocenters. The molecular formula is C21H14N2O5. The minimum atomic E-state index is 0.0205. The van der Waals surface area contributed by atoms with E-state index in [1.807, 2.05) is 0 Å². The Balaban J connectivity index is 1.85. The molecule has 1 aromatic carbocycles. The van der Waals surface area contributed by atoms with Crippen molar-refractivity contribution < 1.29 is 23.1 Å². The average Bonchev–Trinajstić information content (AvgIpc) is 3.46. The lowest BCUT2D eigenvalue weighted by molar-refractivity contribution is 0.412. The Kier molecular flexibility index (Phi) is 4.44. The molecule has 0 saturated carbocycles. The molecular weight excluding hydrogens is 360 g/mol. The molecule has 3 aromatic heterocycles. The van der Waals surface area contributed by atoms with Gasteiger partial charge in [-0.1, -0.05) is 0 Å². The minimum Gasteiger partial charge on any atom is -0.507 e. The van der Waals surface area contributed by atoms with Crippen molar-refractivity contribution in [2.75, 3.05) is 7.11 Å². The van der Waals surface area contributed by atoms with Gasteiger partial charge in [0.2, 0.25) is 5.88 Å². The first kappa shape index (κ1) is 17.2. The largest absolute Gasteiger partial charge is 0.507 e. The number of methoxy groups -OCH3 is 1. The fourth-order valence-corrected chi connectivity index (χ4v) is 2.74. The predicted molar refractivity (Wildman–Crippen MR) is 101 cm³/mol. The maximum Gasteiger partial charge on any atom is 0.238 e. The van der Waals surface area contributed by atoms with Crippen LogP contribution in [0.1, 0.15) is 11.1 Å². The van der Waals surface area contributed by atoms with Crippen LogP contribution in [0.2, 0.25) is 0 Å². The van der Waals surface area contributed by atoms with Crippen LogP contribution in [0.15, 0.2) is 73.2 Å². The molecule has 7 heteroatoms. The summed E-state index contributed by atoms with van der Waals surface area (Å²) in [6.07, 6.45) is 4.41. The van der Waals surface area contributed by atoms with Crippen LogP contribution in [-0.2, 0) is 0 Å². The first-order valence-electron chi connectivity index (χ1n) is 8.27. The summed E-state index contributed by atoms with van der Waals surface area (Å²) in [5, 5.41) is 19.7. The van der Waals surface area contributed by atoms with E-state index in [-0.39, 0.29) is 17.2 Å². The number of hydrogen-bond donors (Lipinski definition) is 1. The lowest BCUT2D eigenvalue weighted by Gasteiger charge is -2.02. The molecule has 0 amide bonds. The summed E-state index contributed by atoms with van der Waals surface area (Å²) in [5.74, 6) is 1.88. The Labute approximate surface area is 159 Å². The first-order valence-corrected chi connectivity index (χ1v) is 8.27. The molecule has 7 nitrogen and oxygen atoms in total. The van der Waals surface area contributed by atoms with E-state index in [2.05, 4.69) is 11.1 Å². The second-order valence-corrected chi connectivity index (χ2v) is 5.74. The molecule has 4 rings (SSSR count). The number of aliphatic imine (C=N–C) groups is 1. The summed E-state index contributed by atoms with van der Waals surface area (Å²) < 4.78 is 21.9. The molecule has 28 heavy (non-hydrogen) atoms. The van der Waals surface area contributed by atoms with E-state index in [0.29, 0.717) is 34.2 Å². The fourth-order valence-electron chi connectivity index (χ4n) is 2.74. The summed E-state index contributed by atoms with van der Waals surface area (Å²) in [4.78, 5) is 4.27. The zero-order chi connectivity index (χ0) is 19.5. The van der Waals surface area contributed by atoms with Gasteiger partial charge >= 0.3 is 0 Å². The Morgan fingerprint density at radius 1 is 1.11 bits per heavy atom. The van der Waals surface area contributed by atoms with Gasteiger partial charge in [0.15, 0.2) is 11.5 Å². The standard InChI is InChI=1S/C21H14N2O5/c1-25-14-6-7-16(24)13(10-14)12-23-21-15(11-22)19(17-4-2-8-26-17)20(28-21)18-5-3-9-27-18/h2-10,12,24H,1H3/b23-12+. The summed E-state index contributed by atoms with van der Waals surface area (Å²) >= 11 is 0. The topological polar surface area (TPSA) is 105 Å². The number of nitrogens with zero attached hydrogens (tertiary/aromatic N) is 2. The SMILES string of the molecule is COc1ccc(O)c(/C=N/c2oc(-c3ccco3)c(-c3ccco3)c2C#N)c1. The lowest BCUT2D eigenvalue weighted by Crippen LogP contribution is -1.87. The third-order valence-corrected chi connectivity index (χ3v) is 4.07. The maximum absolute atomic E-state index is 10.0. The van der Waals surface area contributed by atoms with Crippen LogP contribution in [-0.4, -0.2) is 18.4 Å². The van der Waals surface area contributed by atoms with Crippen molar-refractivity contribution in [2.45, 2.75) is 0 Å². The Morgan fingerprint density at radius 3 is 2.50 bits per heavy atom. The van der Waals surface area contributed by atoms with Gasteiger partial charge in [-0.15, -0.1) is 0 Å². The Bertz CT molecular complexity index is 1160. The summed E-state index contributed by atoms with van der Waals surface area (Å²) in [6, 6.07) is 13.7. The molecule has 0 saturated heterocycles. The number of rotatable bonds is 5. The summed E-state index contributed by atoms with van der Waals surface area (Å²) in [6.45, 7) is 0. The predicted octanol–water partition coefficient (Wildman–Crippen LogP) is 5.14. The number of aromatic hydroxyl groups is 1. The van der Waals surface area contributed by atoms with Gasteiger partial charge in [0.25, 0.3) is 0 Å². The number of nitriles is 1. The van der Waals surface area contributed by atoms with Crippen LogP contribution >= 0.6 is 0 Å². The van der Waals surface area contributed by atoms with E-state index in [1.165, 1.54) is 31.9 Å². The van der Waals surface area contributed by atoms with Gasteiger partial charge in [-0.3, -0.25) is 0 Å². The zero-order valence-electron chi connectivity index (χ0n) is 14.7. The van der Waals surface area contributed by atoms with E-state index in [0.717, 1.165) is 0 Å². The number of hydrogen-bond acceptors (Lipinski definition) is 7. The highest BCUT2D eigenvalue weighted by atomic mass is 16.5. The Hall–Kier alpha value is -4.18. The molecule has 4 aromatic rings. The van der Waals surface area contributed by atoms with Gasteiger partial charge in [0.05, 0.1) is 25.2 Å². The van der Waals surface area contributed by atoms with Crippen LogP contribution in [0, 0.1) is 11.3 Å². The number of ether oxygens (including phenoxy) is 1. The molecule has 0 aliphatic rings. The van der Waals surface area contributed by atoms with Crippen LogP contribution in [0.4, 0.5) is 5.88 Å². The van der Waals surface area contributed by atoms with E-state index in [9.17, 15) is 10.4 Å². The highest BCUT2D eigenvalue weighted by Crippen LogP contribution is 2.42. The monoisotopic (exact) mass is 374 g/mol. The second kappa shape index (κ2) is 7.21. The zero-order valence-corrected chi connectivity index (χ0v) is 14.7. The number of furan rings is 3. The highest BCUT2D eigenvalue weighted by molar-refractivity contribution is 5.89. The van der Waals surface area contributed by atoms with Crippen LogP contribution in [0.5, 0.6) is 11.5 Å². The van der Waals surface area contributed by atoms with Crippen molar-refractivity contribution >= 4 is 12.1 Å². The third-order valence-electron chi connectivity index (χ3n) is 4.07. The molecule has 3 heterocycles. The average molecular weight is 374 g/mol. The Morgan fingerprint density at radius 2 is 1.86 bits per heavy atom. The van der Waals surface area contributed by atoms with E-state index >= 15 is 0 Å². The molecule has 0 bridgehead atoms. The molecule has 0 fully saturated rings.